The Balaban J connectivity index is 1.44. The van der Waals surface area contributed by atoms with Crippen molar-refractivity contribution in [3.8, 4) is 0 Å². The van der Waals surface area contributed by atoms with Gasteiger partial charge in [0, 0.05) is 42.1 Å². The molecule has 0 spiro atoms. The van der Waals surface area contributed by atoms with E-state index in [9.17, 15) is 9.59 Å². The predicted octanol–water partition coefficient (Wildman–Crippen LogP) is 3.08. The number of hydrogen-bond acceptors (Lipinski definition) is 5. The van der Waals surface area contributed by atoms with E-state index >= 15 is 0 Å². The van der Waals surface area contributed by atoms with Crippen molar-refractivity contribution in [3.05, 3.63) is 48.3 Å². The standard InChI is InChI=1S/C21H26N4O2S/c1-15-13-17(7-10-22-15)25-11-8-16(9-12-25)14-23-20(26)21(27)24-18-5-3-4-6-19(18)28-2/h3-7,10,13,16H,8-9,11-12,14H2,1-2H3,(H,23,26)(H,24,27). The summed E-state index contributed by atoms with van der Waals surface area (Å²) in [5, 5.41) is 5.48. The molecular formula is C21H26N4O2S. The zero-order chi connectivity index (χ0) is 19.9. The third kappa shape index (κ3) is 5.25. The third-order valence-electron chi connectivity index (χ3n) is 4.97. The van der Waals surface area contributed by atoms with E-state index in [1.165, 1.54) is 17.4 Å². The molecule has 0 bridgehead atoms. The number of carbonyl (C=O) groups is 2. The van der Waals surface area contributed by atoms with Crippen molar-refractivity contribution in [2.45, 2.75) is 24.7 Å². The number of pyridine rings is 1. The Bertz CT molecular complexity index is 835. The molecule has 0 radical (unpaired) electrons. The zero-order valence-electron chi connectivity index (χ0n) is 16.3. The van der Waals surface area contributed by atoms with E-state index in [2.05, 4.69) is 26.6 Å². The average Bonchev–Trinajstić information content (AvgIpc) is 2.72. The van der Waals surface area contributed by atoms with Gasteiger partial charge in [-0.1, -0.05) is 12.1 Å². The van der Waals surface area contributed by atoms with E-state index in [4.69, 9.17) is 0 Å². The van der Waals surface area contributed by atoms with Crippen LogP contribution in [0, 0.1) is 12.8 Å². The summed E-state index contributed by atoms with van der Waals surface area (Å²) in [6.07, 6.45) is 5.74. The molecule has 7 heteroatoms. The molecule has 148 valence electrons. The molecule has 28 heavy (non-hydrogen) atoms. The number of rotatable bonds is 5. The van der Waals surface area contributed by atoms with Crippen LogP contribution in [0.3, 0.4) is 0 Å². The summed E-state index contributed by atoms with van der Waals surface area (Å²) >= 11 is 1.53. The predicted molar refractivity (Wildman–Crippen MR) is 114 cm³/mol. The van der Waals surface area contributed by atoms with Crippen LogP contribution in [0.25, 0.3) is 0 Å². The summed E-state index contributed by atoms with van der Waals surface area (Å²) < 4.78 is 0. The average molecular weight is 399 g/mol. The summed E-state index contributed by atoms with van der Waals surface area (Å²) in [5.41, 5.74) is 2.87. The molecule has 2 aromatic rings. The second-order valence-corrected chi connectivity index (χ2v) is 7.80. The zero-order valence-corrected chi connectivity index (χ0v) is 17.1. The number of aryl methyl sites for hydroxylation is 1. The number of benzene rings is 1. The fourth-order valence-corrected chi connectivity index (χ4v) is 3.92. The number of carbonyl (C=O) groups excluding carboxylic acids is 2. The minimum atomic E-state index is -0.619. The smallest absolute Gasteiger partial charge is 0.313 e. The molecule has 1 fully saturated rings. The summed E-state index contributed by atoms with van der Waals surface area (Å²) in [6.45, 7) is 4.41. The normalized spacial score (nSPS) is 14.6. The topological polar surface area (TPSA) is 74.3 Å². The quantitative estimate of drug-likeness (QED) is 0.598. The van der Waals surface area contributed by atoms with Crippen LogP contribution in [0.1, 0.15) is 18.5 Å². The van der Waals surface area contributed by atoms with Gasteiger partial charge in [-0.15, -0.1) is 11.8 Å². The molecule has 1 aliphatic rings. The van der Waals surface area contributed by atoms with Crippen LogP contribution < -0.4 is 15.5 Å². The number of para-hydroxylation sites is 1. The van der Waals surface area contributed by atoms with Crippen molar-refractivity contribution in [2.24, 2.45) is 5.92 Å². The van der Waals surface area contributed by atoms with Gasteiger partial charge < -0.3 is 15.5 Å². The number of amides is 2. The Hall–Kier alpha value is -2.54. The van der Waals surface area contributed by atoms with Gasteiger partial charge >= 0.3 is 11.8 Å². The van der Waals surface area contributed by atoms with Crippen LogP contribution in [0.4, 0.5) is 11.4 Å². The van der Waals surface area contributed by atoms with Gasteiger partial charge in [0.25, 0.3) is 0 Å². The molecular weight excluding hydrogens is 372 g/mol. The highest BCUT2D eigenvalue weighted by atomic mass is 32.2. The minimum Gasteiger partial charge on any atom is -0.371 e. The number of nitrogens with zero attached hydrogens (tertiary/aromatic N) is 2. The number of hydrogen-bond donors (Lipinski definition) is 2. The molecule has 3 rings (SSSR count). The van der Waals surface area contributed by atoms with E-state index in [1.54, 1.807) is 6.07 Å². The first kappa shape index (κ1) is 20.2. The van der Waals surface area contributed by atoms with Gasteiger partial charge in [-0.3, -0.25) is 14.6 Å². The fraction of sp³-hybridized carbons (Fsp3) is 0.381. The van der Waals surface area contributed by atoms with Crippen LogP contribution in [-0.4, -0.2) is 42.7 Å². The lowest BCUT2D eigenvalue weighted by Gasteiger charge is -2.33. The summed E-state index contributed by atoms with van der Waals surface area (Å²) in [5.74, 6) is -0.816. The molecule has 2 amide bonds. The van der Waals surface area contributed by atoms with Gasteiger partial charge in [0.15, 0.2) is 0 Å². The van der Waals surface area contributed by atoms with E-state index in [-0.39, 0.29) is 0 Å². The number of nitrogens with one attached hydrogen (secondary N) is 2. The maximum atomic E-state index is 12.2. The monoisotopic (exact) mass is 398 g/mol. The Labute approximate surface area is 170 Å². The van der Waals surface area contributed by atoms with Crippen LogP contribution in [0.5, 0.6) is 0 Å². The molecule has 6 nitrogen and oxygen atoms in total. The molecule has 2 N–H and O–H groups in total. The molecule has 1 aromatic carbocycles. The van der Waals surface area contributed by atoms with Gasteiger partial charge in [-0.25, -0.2) is 0 Å². The highest BCUT2D eigenvalue weighted by molar-refractivity contribution is 7.98. The lowest BCUT2D eigenvalue weighted by atomic mass is 9.96. The Morgan fingerprint density at radius 2 is 1.93 bits per heavy atom. The van der Waals surface area contributed by atoms with Gasteiger partial charge in [0.2, 0.25) is 0 Å². The second kappa shape index (κ2) is 9.59. The van der Waals surface area contributed by atoms with Crippen LogP contribution in [0.15, 0.2) is 47.5 Å². The largest absolute Gasteiger partial charge is 0.371 e. The second-order valence-electron chi connectivity index (χ2n) is 6.95. The SMILES string of the molecule is CSc1ccccc1NC(=O)C(=O)NCC1CCN(c2ccnc(C)c2)CC1. The van der Waals surface area contributed by atoms with Crippen molar-refractivity contribution < 1.29 is 9.59 Å². The summed E-state index contributed by atoms with van der Waals surface area (Å²) in [4.78, 5) is 31.9. The van der Waals surface area contributed by atoms with Crippen LogP contribution >= 0.6 is 11.8 Å². The Morgan fingerprint density at radius 1 is 1.18 bits per heavy atom. The molecule has 0 saturated carbocycles. The summed E-state index contributed by atoms with van der Waals surface area (Å²) in [7, 11) is 0. The molecule has 0 unspecified atom stereocenters. The number of anilines is 2. The van der Waals surface area contributed by atoms with Crippen molar-refractivity contribution in [1.29, 1.82) is 0 Å². The highest BCUT2D eigenvalue weighted by Gasteiger charge is 2.22. The first-order valence-corrected chi connectivity index (χ1v) is 10.7. The van der Waals surface area contributed by atoms with E-state index in [0.717, 1.165) is 36.5 Å². The number of aromatic nitrogens is 1. The third-order valence-corrected chi connectivity index (χ3v) is 5.77. The van der Waals surface area contributed by atoms with Gasteiger partial charge in [-0.05, 0) is 56.2 Å². The van der Waals surface area contributed by atoms with Gasteiger partial charge in [0.1, 0.15) is 0 Å². The maximum Gasteiger partial charge on any atom is 0.313 e. The first-order chi connectivity index (χ1) is 13.6. The Morgan fingerprint density at radius 3 is 2.64 bits per heavy atom. The lowest BCUT2D eigenvalue weighted by molar-refractivity contribution is -0.136. The molecule has 2 heterocycles. The fourth-order valence-electron chi connectivity index (χ4n) is 3.37. The highest BCUT2D eigenvalue weighted by Crippen LogP contribution is 2.25. The molecule has 1 aromatic heterocycles. The summed E-state index contributed by atoms with van der Waals surface area (Å²) in [6, 6.07) is 11.6. The number of thioether (sulfide) groups is 1. The first-order valence-electron chi connectivity index (χ1n) is 9.46. The van der Waals surface area contributed by atoms with E-state index < -0.39 is 11.8 Å². The molecule has 1 aliphatic heterocycles. The van der Waals surface area contributed by atoms with Crippen molar-refractivity contribution in [1.82, 2.24) is 10.3 Å². The van der Waals surface area contributed by atoms with E-state index in [0.29, 0.717) is 18.2 Å². The lowest BCUT2D eigenvalue weighted by Crippen LogP contribution is -2.41. The number of piperidine rings is 1. The van der Waals surface area contributed by atoms with Crippen LogP contribution in [0.2, 0.25) is 0 Å². The van der Waals surface area contributed by atoms with Crippen molar-refractivity contribution in [2.75, 3.05) is 36.1 Å². The van der Waals surface area contributed by atoms with Gasteiger partial charge in [0.05, 0.1) is 5.69 Å². The molecule has 0 aliphatic carbocycles. The molecule has 0 atom stereocenters. The van der Waals surface area contributed by atoms with Crippen molar-refractivity contribution >= 4 is 35.0 Å². The van der Waals surface area contributed by atoms with Crippen LogP contribution in [-0.2, 0) is 9.59 Å². The maximum absolute atomic E-state index is 12.2. The van der Waals surface area contributed by atoms with E-state index in [1.807, 2.05) is 43.6 Å². The Kier molecular flexibility index (Phi) is 6.92. The molecule has 1 saturated heterocycles. The van der Waals surface area contributed by atoms with Crippen molar-refractivity contribution in [3.63, 3.8) is 0 Å². The minimum absolute atomic E-state index is 0.384. The van der Waals surface area contributed by atoms with Gasteiger partial charge in [-0.2, -0.15) is 0 Å².